The zero-order valence-electron chi connectivity index (χ0n) is 13.9. The maximum absolute atomic E-state index is 2.60. The highest BCUT2D eigenvalue weighted by Crippen LogP contribution is 2.60. The topological polar surface area (TPSA) is 0 Å². The summed E-state index contributed by atoms with van der Waals surface area (Å²) in [5.41, 5.74) is 5.31. The molecule has 0 spiro atoms. The first-order valence-corrected chi connectivity index (χ1v) is 8.54. The largest absolute Gasteiger partial charge is 0.0625 e. The normalized spacial score (nSPS) is 36.6. The second kappa shape index (κ2) is 4.90. The lowest BCUT2D eigenvalue weighted by atomic mass is 9.66. The molecule has 0 aliphatic heterocycles. The Morgan fingerprint density at radius 1 is 1.10 bits per heavy atom. The van der Waals surface area contributed by atoms with Crippen LogP contribution in [0.25, 0.3) is 0 Å². The molecule has 110 valence electrons. The lowest BCUT2D eigenvalue weighted by Crippen LogP contribution is -2.30. The van der Waals surface area contributed by atoms with Gasteiger partial charge in [0.15, 0.2) is 0 Å². The van der Waals surface area contributed by atoms with Gasteiger partial charge in [0.2, 0.25) is 0 Å². The second-order valence-electron chi connectivity index (χ2n) is 8.06. The fourth-order valence-corrected chi connectivity index (χ4v) is 5.36. The molecule has 1 fully saturated rings. The first-order valence-electron chi connectivity index (χ1n) is 8.54. The number of hydrogen-bond donors (Lipinski definition) is 0. The van der Waals surface area contributed by atoms with E-state index in [1.807, 2.05) is 0 Å². The first-order chi connectivity index (χ1) is 9.43. The first kappa shape index (κ1) is 14.2. The van der Waals surface area contributed by atoms with Crippen molar-refractivity contribution < 1.29 is 0 Å². The van der Waals surface area contributed by atoms with Crippen molar-refractivity contribution in [3.05, 3.63) is 34.9 Å². The smallest absolute Gasteiger partial charge is 0.0102 e. The Balaban J connectivity index is 2.10. The fraction of sp³-hybridized carbons (Fsp3) is 0.700. The molecule has 0 radical (unpaired) electrons. The second-order valence-corrected chi connectivity index (χ2v) is 8.06. The molecule has 0 unspecified atom stereocenters. The molecule has 0 heterocycles. The number of hydrogen-bond acceptors (Lipinski definition) is 0. The van der Waals surface area contributed by atoms with Gasteiger partial charge in [-0.3, -0.25) is 0 Å². The van der Waals surface area contributed by atoms with Crippen LogP contribution in [0, 0.1) is 24.2 Å². The van der Waals surface area contributed by atoms with Crippen LogP contribution in [0.15, 0.2) is 18.2 Å². The van der Waals surface area contributed by atoms with Gasteiger partial charge in [-0.25, -0.2) is 0 Å². The summed E-state index contributed by atoms with van der Waals surface area (Å²) in [6, 6.07) is 7.24. The molecule has 1 saturated carbocycles. The van der Waals surface area contributed by atoms with E-state index in [2.05, 4.69) is 52.8 Å². The molecule has 20 heavy (non-hydrogen) atoms. The molecule has 1 aromatic rings. The molecule has 0 heteroatoms. The molecule has 2 aliphatic carbocycles. The molecule has 1 aromatic carbocycles. The standard InChI is InChI=1S/C20H30/c1-13(2)18-8-9-19-17-12-14(3)6-7-16(17)15(4)10-11-20(18,19)5/h6-7,12-13,15,18-19H,8-11H2,1-5H3/t15-,18+,19+,20-/m0/s1. The van der Waals surface area contributed by atoms with Crippen molar-refractivity contribution in [3.8, 4) is 0 Å². The van der Waals surface area contributed by atoms with Gasteiger partial charge < -0.3 is 0 Å². The number of rotatable bonds is 1. The average Bonchev–Trinajstić information content (AvgIpc) is 2.69. The third-order valence-electron chi connectivity index (χ3n) is 6.48. The van der Waals surface area contributed by atoms with Crippen molar-refractivity contribution in [2.24, 2.45) is 17.3 Å². The van der Waals surface area contributed by atoms with E-state index in [1.54, 1.807) is 11.1 Å². The van der Waals surface area contributed by atoms with Gasteiger partial charge in [-0.1, -0.05) is 51.5 Å². The SMILES string of the molecule is Cc1ccc2c(c1)[C@H]1CC[C@H](C(C)C)[C@]1(C)CC[C@@H]2C. The summed E-state index contributed by atoms with van der Waals surface area (Å²) in [4.78, 5) is 0. The van der Waals surface area contributed by atoms with Crippen LogP contribution in [0.3, 0.4) is 0 Å². The van der Waals surface area contributed by atoms with Gasteiger partial charge in [0.05, 0.1) is 0 Å². The minimum atomic E-state index is 0.529. The van der Waals surface area contributed by atoms with Gasteiger partial charge in [-0.2, -0.15) is 0 Å². The predicted octanol–water partition coefficient (Wildman–Crippen LogP) is 6.05. The maximum Gasteiger partial charge on any atom is -0.0102 e. The zero-order chi connectivity index (χ0) is 14.5. The Bertz CT molecular complexity index is 499. The van der Waals surface area contributed by atoms with Crippen molar-refractivity contribution >= 4 is 0 Å². The van der Waals surface area contributed by atoms with Crippen LogP contribution in [-0.2, 0) is 0 Å². The molecular formula is C20H30. The minimum Gasteiger partial charge on any atom is -0.0625 e. The van der Waals surface area contributed by atoms with Crippen LogP contribution in [0.4, 0.5) is 0 Å². The van der Waals surface area contributed by atoms with Crippen molar-refractivity contribution in [1.29, 1.82) is 0 Å². The van der Waals surface area contributed by atoms with Crippen molar-refractivity contribution in [1.82, 2.24) is 0 Å². The number of aryl methyl sites for hydroxylation is 1. The molecule has 0 amide bonds. The van der Waals surface area contributed by atoms with E-state index < -0.39 is 0 Å². The summed E-state index contributed by atoms with van der Waals surface area (Å²) in [6.07, 6.45) is 5.62. The van der Waals surface area contributed by atoms with Crippen LogP contribution in [-0.4, -0.2) is 0 Å². The van der Waals surface area contributed by atoms with E-state index in [9.17, 15) is 0 Å². The molecule has 2 aliphatic rings. The molecule has 3 rings (SSSR count). The molecule has 0 aromatic heterocycles. The van der Waals surface area contributed by atoms with Gasteiger partial charge >= 0.3 is 0 Å². The quantitative estimate of drug-likeness (QED) is 0.583. The lowest BCUT2D eigenvalue weighted by Gasteiger charge is -2.38. The monoisotopic (exact) mass is 270 g/mol. The average molecular weight is 270 g/mol. The Morgan fingerprint density at radius 3 is 2.55 bits per heavy atom. The van der Waals surface area contributed by atoms with Crippen molar-refractivity contribution in [2.75, 3.05) is 0 Å². The van der Waals surface area contributed by atoms with Gasteiger partial charge in [0.25, 0.3) is 0 Å². The number of benzene rings is 1. The molecule has 0 saturated heterocycles. The van der Waals surface area contributed by atoms with E-state index in [0.717, 1.165) is 23.7 Å². The van der Waals surface area contributed by atoms with E-state index in [1.165, 1.54) is 31.2 Å². The summed E-state index contributed by atoms with van der Waals surface area (Å²) < 4.78 is 0. The van der Waals surface area contributed by atoms with Crippen LogP contribution in [0.2, 0.25) is 0 Å². The summed E-state index contributed by atoms with van der Waals surface area (Å²) >= 11 is 0. The predicted molar refractivity (Wildman–Crippen MR) is 87.2 cm³/mol. The fourth-order valence-electron chi connectivity index (χ4n) is 5.36. The van der Waals surface area contributed by atoms with Gasteiger partial charge in [-0.05, 0) is 72.8 Å². The van der Waals surface area contributed by atoms with Crippen LogP contribution >= 0.6 is 0 Å². The highest BCUT2D eigenvalue weighted by molar-refractivity contribution is 5.39. The third-order valence-corrected chi connectivity index (χ3v) is 6.48. The summed E-state index contributed by atoms with van der Waals surface area (Å²) in [5, 5.41) is 0. The molecule has 0 nitrogen and oxygen atoms in total. The summed E-state index contributed by atoms with van der Waals surface area (Å²) in [5.74, 6) is 3.27. The van der Waals surface area contributed by atoms with E-state index >= 15 is 0 Å². The molecule has 0 N–H and O–H groups in total. The van der Waals surface area contributed by atoms with Gasteiger partial charge in [0, 0.05) is 0 Å². The zero-order valence-corrected chi connectivity index (χ0v) is 13.9. The van der Waals surface area contributed by atoms with E-state index in [0.29, 0.717) is 5.41 Å². The van der Waals surface area contributed by atoms with Gasteiger partial charge in [-0.15, -0.1) is 0 Å². The van der Waals surface area contributed by atoms with E-state index in [-0.39, 0.29) is 0 Å². The Hall–Kier alpha value is -0.780. The summed E-state index contributed by atoms with van der Waals surface area (Å²) in [7, 11) is 0. The van der Waals surface area contributed by atoms with Gasteiger partial charge in [0.1, 0.15) is 0 Å². The number of fused-ring (bicyclic) bond motifs is 3. The molecule has 4 atom stereocenters. The Morgan fingerprint density at radius 2 is 1.85 bits per heavy atom. The van der Waals surface area contributed by atoms with E-state index in [4.69, 9.17) is 0 Å². The van der Waals surface area contributed by atoms with Crippen LogP contribution in [0.5, 0.6) is 0 Å². The minimum absolute atomic E-state index is 0.529. The Labute approximate surface area is 125 Å². The molecular weight excluding hydrogens is 240 g/mol. The highest BCUT2D eigenvalue weighted by atomic mass is 14.5. The third kappa shape index (κ3) is 2.03. The van der Waals surface area contributed by atoms with Crippen molar-refractivity contribution in [2.45, 2.75) is 72.1 Å². The lowest BCUT2D eigenvalue weighted by molar-refractivity contribution is 0.139. The van der Waals surface area contributed by atoms with Crippen LogP contribution < -0.4 is 0 Å². The highest BCUT2D eigenvalue weighted by Gasteiger charge is 2.49. The Kier molecular flexibility index (Phi) is 3.47. The molecule has 0 bridgehead atoms. The maximum atomic E-state index is 2.60. The van der Waals surface area contributed by atoms with Crippen LogP contribution in [0.1, 0.15) is 81.9 Å². The van der Waals surface area contributed by atoms with Crippen molar-refractivity contribution in [3.63, 3.8) is 0 Å². The summed E-state index contributed by atoms with van der Waals surface area (Å²) in [6.45, 7) is 12.2.